The molecular formula is C39H55N7O5SSi. The van der Waals surface area contributed by atoms with Crippen molar-refractivity contribution in [3.63, 3.8) is 0 Å². The molecule has 3 fully saturated rings. The number of aromatic amines is 1. The number of nitrogens with one attached hydrogen (secondary N) is 2. The average Bonchev–Trinajstić information content (AvgIpc) is 3.74. The Morgan fingerprint density at radius 3 is 2.25 bits per heavy atom. The van der Waals surface area contributed by atoms with Crippen molar-refractivity contribution in [2.75, 3.05) is 45.0 Å². The van der Waals surface area contributed by atoms with Crippen LogP contribution in [0.4, 0.5) is 4.79 Å². The number of urea groups is 1. The topological polar surface area (TPSA) is 133 Å². The first kappa shape index (κ1) is 37.4. The second-order valence-electron chi connectivity index (χ2n) is 16.5. The van der Waals surface area contributed by atoms with Crippen LogP contribution in [0.25, 0.3) is 21.9 Å². The smallest absolute Gasteiger partial charge is 0.326 e. The summed E-state index contributed by atoms with van der Waals surface area (Å²) in [5, 5.41) is 3.90. The van der Waals surface area contributed by atoms with E-state index in [1.54, 1.807) is 11.1 Å². The van der Waals surface area contributed by atoms with Gasteiger partial charge in [0.2, 0.25) is 15.9 Å². The number of hydrogen-bond acceptors (Lipinski definition) is 6. The molecule has 5 heterocycles. The molecule has 4 aromatic rings. The summed E-state index contributed by atoms with van der Waals surface area (Å²) in [5.74, 6) is 0.0309. The van der Waals surface area contributed by atoms with Crippen LogP contribution in [0.5, 0.6) is 0 Å². The summed E-state index contributed by atoms with van der Waals surface area (Å²) in [6, 6.07) is 15.2. The average molecular weight is 762 g/mol. The third-order valence-corrected chi connectivity index (χ3v) is 15.3. The zero-order chi connectivity index (χ0) is 37.3. The zero-order valence-electron chi connectivity index (χ0n) is 31.4. The number of para-hydroxylation sites is 2. The van der Waals surface area contributed by atoms with E-state index in [9.17, 15) is 22.8 Å². The summed E-state index contributed by atoms with van der Waals surface area (Å²) in [6.07, 6.45) is 8.80. The molecule has 0 radical (unpaired) electrons. The summed E-state index contributed by atoms with van der Waals surface area (Å²) in [4.78, 5) is 50.2. The Hall–Kier alpha value is -3.88. The molecule has 3 aliphatic heterocycles. The predicted molar refractivity (Wildman–Crippen MR) is 213 cm³/mol. The van der Waals surface area contributed by atoms with Crippen molar-refractivity contribution in [2.45, 2.75) is 95.2 Å². The minimum absolute atomic E-state index is 0.0280. The van der Waals surface area contributed by atoms with Gasteiger partial charge < -0.3 is 25.0 Å². The van der Waals surface area contributed by atoms with Crippen LogP contribution in [-0.4, -0.2) is 114 Å². The van der Waals surface area contributed by atoms with Gasteiger partial charge in [-0.15, -0.1) is 0 Å². The minimum atomic E-state index is -3.51. The first-order chi connectivity index (χ1) is 25.4. The van der Waals surface area contributed by atoms with Crippen LogP contribution < -0.4 is 11.0 Å². The second kappa shape index (κ2) is 15.5. The van der Waals surface area contributed by atoms with Gasteiger partial charge in [0.25, 0.3) is 0 Å². The van der Waals surface area contributed by atoms with Gasteiger partial charge in [0.15, 0.2) is 0 Å². The van der Waals surface area contributed by atoms with Crippen LogP contribution in [0.3, 0.4) is 0 Å². The van der Waals surface area contributed by atoms with E-state index in [-0.39, 0.29) is 29.4 Å². The van der Waals surface area contributed by atoms with Crippen molar-refractivity contribution in [3.05, 3.63) is 70.8 Å². The number of fused-ring (bicyclic) bond motifs is 2. The predicted octanol–water partition coefficient (Wildman–Crippen LogP) is 5.24. The van der Waals surface area contributed by atoms with Crippen molar-refractivity contribution >= 4 is 52.0 Å². The highest BCUT2D eigenvalue weighted by atomic mass is 32.2. The number of carbonyl (C=O) groups is 2. The second-order valence-corrected chi connectivity index (χ2v) is 24.1. The molecule has 286 valence electrons. The Balaban J connectivity index is 1.06. The highest BCUT2D eigenvalue weighted by Crippen LogP contribution is 2.27. The molecule has 2 N–H and O–H groups in total. The number of rotatable bonds is 10. The first-order valence-electron chi connectivity index (χ1n) is 19.5. The van der Waals surface area contributed by atoms with Gasteiger partial charge in [-0.25, -0.2) is 22.0 Å². The van der Waals surface area contributed by atoms with Gasteiger partial charge in [-0.1, -0.05) is 44.3 Å². The minimum Gasteiger partial charge on any atom is -0.341 e. The molecule has 0 bridgehead atoms. The molecule has 53 heavy (non-hydrogen) atoms. The molecule has 1 unspecified atom stereocenters. The van der Waals surface area contributed by atoms with Gasteiger partial charge in [0.1, 0.15) is 6.04 Å². The highest BCUT2D eigenvalue weighted by molar-refractivity contribution is 7.90. The number of carbonyl (C=O) groups excluding carboxylic acids is 2. The maximum absolute atomic E-state index is 14.3. The monoisotopic (exact) mass is 761 g/mol. The van der Waals surface area contributed by atoms with E-state index in [1.165, 1.54) is 23.2 Å². The number of benzene rings is 2. The summed E-state index contributed by atoms with van der Waals surface area (Å²) < 4.78 is 29.8. The van der Waals surface area contributed by atoms with Crippen LogP contribution in [0.1, 0.15) is 56.6 Å². The lowest BCUT2D eigenvalue weighted by Crippen LogP contribution is -2.56. The third-order valence-electron chi connectivity index (χ3n) is 11.6. The van der Waals surface area contributed by atoms with Gasteiger partial charge in [-0.3, -0.25) is 9.36 Å². The quantitative estimate of drug-likeness (QED) is 0.213. The zero-order valence-corrected chi connectivity index (χ0v) is 33.2. The van der Waals surface area contributed by atoms with Crippen molar-refractivity contribution in [2.24, 2.45) is 0 Å². The lowest BCUT2D eigenvalue weighted by Gasteiger charge is -2.41. The molecule has 1 atom stereocenters. The molecule has 0 spiro atoms. The fourth-order valence-electron chi connectivity index (χ4n) is 8.46. The number of imidazole rings is 1. The fraction of sp³-hybridized carbons (Fsp3) is 0.564. The molecule has 0 saturated carbocycles. The number of aromatic nitrogens is 3. The first-order valence-corrected chi connectivity index (χ1v) is 24.8. The normalized spacial score (nSPS) is 19.2. The van der Waals surface area contributed by atoms with Gasteiger partial charge >= 0.3 is 11.7 Å². The number of nitrogens with zero attached hydrogens (tertiary/aromatic N) is 5. The van der Waals surface area contributed by atoms with Crippen LogP contribution in [0, 0.1) is 0 Å². The van der Waals surface area contributed by atoms with E-state index in [1.807, 2.05) is 58.0 Å². The molecular weight excluding hydrogens is 707 g/mol. The standard InChI is InChI=1S/C39H55N7O5SSi/c1-53(2,3)26-25-52(50,51)45-24-13-30-27-29(11-12-35(30)45)28-34(37(47)43-20-14-31(15-21-43)42-18-7-4-8-19-42)41-38(48)44-22-16-32(17-23-44)46-36-10-6-5-9-33(36)40-39(46)49/h5-6,9-13,24,27,31-32,34H,4,7-8,14-23,25-26,28H2,1-3H3,(H,40,49)(H,41,48). The maximum atomic E-state index is 14.3. The van der Waals surface area contributed by atoms with Crippen molar-refractivity contribution < 1.29 is 18.0 Å². The molecule has 14 heteroatoms. The van der Waals surface area contributed by atoms with Gasteiger partial charge in [0.05, 0.1) is 22.3 Å². The summed E-state index contributed by atoms with van der Waals surface area (Å²) in [7, 11) is -5.06. The fourth-order valence-corrected chi connectivity index (χ4v) is 12.9. The van der Waals surface area contributed by atoms with E-state index >= 15 is 0 Å². The van der Waals surface area contributed by atoms with Crippen molar-refractivity contribution in [3.8, 4) is 0 Å². The molecule has 0 aliphatic carbocycles. The van der Waals surface area contributed by atoms with Crippen molar-refractivity contribution in [1.29, 1.82) is 0 Å². The van der Waals surface area contributed by atoms with E-state index in [0.29, 0.717) is 63.0 Å². The number of piperidine rings is 3. The SMILES string of the molecule is C[Si](C)(C)CCS(=O)(=O)n1ccc2cc(CC(NC(=O)N3CCC(n4c(=O)[nH]c5ccccc54)CC3)C(=O)N3CCC(N4CCCCC4)CC3)ccc21. The number of likely N-dealkylation sites (tertiary alicyclic amines) is 3. The molecule has 2 aromatic heterocycles. The third kappa shape index (κ3) is 8.44. The molecule has 3 aliphatic rings. The van der Waals surface area contributed by atoms with Crippen molar-refractivity contribution in [1.82, 2.24) is 33.5 Å². The highest BCUT2D eigenvalue weighted by Gasteiger charge is 2.34. The number of amides is 3. The molecule has 12 nitrogen and oxygen atoms in total. The van der Waals surface area contributed by atoms with Gasteiger partial charge in [-0.2, -0.15) is 0 Å². The Morgan fingerprint density at radius 2 is 1.53 bits per heavy atom. The van der Waals surface area contributed by atoms with Crippen LogP contribution >= 0.6 is 0 Å². The van der Waals surface area contributed by atoms with E-state index < -0.39 is 24.1 Å². The Kier molecular flexibility index (Phi) is 10.9. The van der Waals surface area contributed by atoms with Crippen LogP contribution in [0.2, 0.25) is 25.7 Å². The number of hydrogen-bond donors (Lipinski definition) is 2. The largest absolute Gasteiger partial charge is 0.341 e. The summed E-state index contributed by atoms with van der Waals surface area (Å²) in [5.41, 5.74) is 3.01. The Bertz CT molecular complexity index is 2100. The Labute approximate surface area is 313 Å². The van der Waals surface area contributed by atoms with E-state index in [2.05, 4.69) is 34.8 Å². The summed E-state index contributed by atoms with van der Waals surface area (Å²) >= 11 is 0. The molecule has 3 saturated heterocycles. The van der Waals surface area contributed by atoms with Crippen LogP contribution in [-0.2, 0) is 21.2 Å². The summed E-state index contributed by atoms with van der Waals surface area (Å²) in [6.45, 7) is 11.0. The van der Waals surface area contributed by atoms with Crippen LogP contribution in [0.15, 0.2) is 59.5 Å². The van der Waals surface area contributed by atoms with E-state index in [0.717, 1.165) is 47.9 Å². The molecule has 3 amide bonds. The number of H-pyrrole nitrogens is 1. The van der Waals surface area contributed by atoms with Gasteiger partial charge in [0, 0.05) is 64.3 Å². The van der Waals surface area contributed by atoms with Gasteiger partial charge in [-0.05, 0) is 93.6 Å². The lowest BCUT2D eigenvalue weighted by atomic mass is 9.98. The molecule has 7 rings (SSSR count). The Morgan fingerprint density at radius 1 is 0.849 bits per heavy atom. The van der Waals surface area contributed by atoms with E-state index in [4.69, 9.17) is 0 Å². The molecule has 2 aromatic carbocycles. The maximum Gasteiger partial charge on any atom is 0.326 e. The lowest BCUT2D eigenvalue weighted by molar-refractivity contribution is -0.134.